The van der Waals surface area contributed by atoms with Crippen LogP contribution in [0, 0.1) is 11.3 Å². The van der Waals surface area contributed by atoms with Gasteiger partial charge in [-0.2, -0.15) is 5.26 Å². The van der Waals surface area contributed by atoms with Crippen molar-refractivity contribution in [2.75, 3.05) is 5.32 Å². The number of nitrogens with one attached hydrogen (secondary N) is 1. The van der Waals surface area contributed by atoms with Crippen LogP contribution in [0.15, 0.2) is 60.8 Å². The van der Waals surface area contributed by atoms with Crippen molar-refractivity contribution in [2.24, 2.45) is 0 Å². The van der Waals surface area contributed by atoms with Gasteiger partial charge in [0.1, 0.15) is 0 Å². The van der Waals surface area contributed by atoms with Crippen molar-refractivity contribution in [3.8, 4) is 6.07 Å². The number of rotatable bonds is 4. The zero-order chi connectivity index (χ0) is 12.0. The van der Waals surface area contributed by atoms with E-state index in [1.54, 1.807) is 18.2 Å². The van der Waals surface area contributed by atoms with E-state index in [1.807, 2.05) is 25.1 Å². The second kappa shape index (κ2) is 5.57. The van der Waals surface area contributed by atoms with Gasteiger partial charge >= 0.3 is 0 Å². The Kier molecular flexibility index (Phi) is 4.11. The zero-order valence-electron chi connectivity index (χ0n) is 9.33. The Morgan fingerprint density at radius 1 is 1.50 bits per heavy atom. The van der Waals surface area contributed by atoms with Crippen LogP contribution in [-0.2, 0) is 0 Å². The van der Waals surface area contributed by atoms with E-state index >= 15 is 0 Å². The van der Waals surface area contributed by atoms with Gasteiger partial charge in [-0.1, -0.05) is 24.8 Å². The van der Waals surface area contributed by atoms with Crippen LogP contribution in [0.25, 0.3) is 0 Å². The quantitative estimate of drug-likeness (QED) is 0.770. The lowest BCUT2D eigenvalue weighted by Gasteiger charge is -2.07. The minimum atomic E-state index is 0.628. The van der Waals surface area contributed by atoms with Gasteiger partial charge in [-0.05, 0) is 37.3 Å². The lowest BCUT2D eigenvalue weighted by molar-refractivity contribution is 1.42. The predicted molar refractivity (Wildman–Crippen MR) is 67.9 cm³/mol. The maximum Gasteiger partial charge on any atom is 0.0992 e. The second-order valence-electron chi connectivity index (χ2n) is 3.47. The highest BCUT2D eigenvalue weighted by Crippen LogP contribution is 2.13. The third-order valence-corrected chi connectivity index (χ3v) is 1.90. The summed E-state index contributed by atoms with van der Waals surface area (Å²) in [6, 6.07) is 9.38. The van der Waals surface area contributed by atoms with Crippen molar-refractivity contribution in [3.63, 3.8) is 0 Å². The summed E-state index contributed by atoms with van der Waals surface area (Å²) >= 11 is 0. The second-order valence-corrected chi connectivity index (χ2v) is 3.47. The molecule has 1 aromatic rings. The molecule has 2 nitrogen and oxygen atoms in total. The molecule has 0 saturated carbocycles. The van der Waals surface area contributed by atoms with Gasteiger partial charge in [0.25, 0.3) is 0 Å². The molecule has 0 aliphatic rings. The van der Waals surface area contributed by atoms with Gasteiger partial charge in [-0.3, -0.25) is 0 Å². The Balaban J connectivity index is 2.91. The summed E-state index contributed by atoms with van der Waals surface area (Å²) < 4.78 is 0. The largest absolute Gasteiger partial charge is 0.355 e. The van der Waals surface area contributed by atoms with E-state index < -0.39 is 0 Å². The molecular weight excluding hydrogens is 196 g/mol. The molecule has 0 aromatic heterocycles. The Labute approximate surface area is 96.2 Å². The summed E-state index contributed by atoms with van der Waals surface area (Å²) in [4.78, 5) is 0. The molecule has 0 saturated heterocycles. The average molecular weight is 210 g/mol. The van der Waals surface area contributed by atoms with Gasteiger partial charge in [0, 0.05) is 11.4 Å². The molecule has 0 aliphatic heterocycles. The number of allylic oxidation sites excluding steroid dienone is 3. The predicted octanol–water partition coefficient (Wildman–Crippen LogP) is 3.62. The number of hydrogen-bond donors (Lipinski definition) is 1. The van der Waals surface area contributed by atoms with Gasteiger partial charge in [0.05, 0.1) is 11.6 Å². The third-order valence-electron chi connectivity index (χ3n) is 1.90. The monoisotopic (exact) mass is 210 g/mol. The van der Waals surface area contributed by atoms with Gasteiger partial charge in [-0.15, -0.1) is 0 Å². The van der Waals surface area contributed by atoms with Gasteiger partial charge in [0.15, 0.2) is 0 Å². The number of anilines is 1. The van der Waals surface area contributed by atoms with Crippen molar-refractivity contribution in [1.82, 2.24) is 0 Å². The Morgan fingerprint density at radius 3 is 2.81 bits per heavy atom. The van der Waals surface area contributed by atoms with Crippen LogP contribution in [0.5, 0.6) is 0 Å². The molecular formula is C14H14N2. The number of hydrogen-bond acceptors (Lipinski definition) is 2. The summed E-state index contributed by atoms with van der Waals surface area (Å²) in [6.07, 6.45) is 3.61. The lowest BCUT2D eigenvalue weighted by Crippen LogP contribution is -1.96. The van der Waals surface area contributed by atoms with E-state index in [9.17, 15) is 0 Å². The van der Waals surface area contributed by atoms with Gasteiger partial charge in [-0.25, -0.2) is 0 Å². The minimum absolute atomic E-state index is 0.628. The van der Waals surface area contributed by atoms with Crippen molar-refractivity contribution in [2.45, 2.75) is 6.92 Å². The first-order valence-corrected chi connectivity index (χ1v) is 4.92. The molecule has 0 bridgehead atoms. The molecule has 0 atom stereocenters. The molecule has 0 heterocycles. The molecule has 80 valence electrons. The van der Waals surface area contributed by atoms with Crippen molar-refractivity contribution in [3.05, 3.63) is 66.4 Å². The Bertz CT molecular complexity index is 476. The fraction of sp³-hybridized carbons (Fsp3) is 0.0714. The summed E-state index contributed by atoms with van der Waals surface area (Å²) in [5.41, 5.74) is 3.30. The Morgan fingerprint density at radius 2 is 2.25 bits per heavy atom. The number of nitriles is 1. The third kappa shape index (κ3) is 3.47. The molecule has 0 radical (unpaired) electrons. The van der Waals surface area contributed by atoms with Crippen molar-refractivity contribution >= 4 is 5.69 Å². The fourth-order valence-electron chi connectivity index (χ4n) is 1.24. The van der Waals surface area contributed by atoms with Crippen LogP contribution in [0.3, 0.4) is 0 Å². The lowest BCUT2D eigenvalue weighted by atomic mass is 10.2. The fourth-order valence-corrected chi connectivity index (χ4v) is 1.24. The molecule has 0 unspecified atom stereocenters. The van der Waals surface area contributed by atoms with Crippen LogP contribution in [-0.4, -0.2) is 0 Å². The zero-order valence-corrected chi connectivity index (χ0v) is 9.33. The van der Waals surface area contributed by atoms with Crippen LogP contribution >= 0.6 is 0 Å². The topological polar surface area (TPSA) is 35.8 Å². The molecule has 0 amide bonds. The molecule has 1 N–H and O–H groups in total. The highest BCUT2D eigenvalue weighted by Gasteiger charge is 1.96. The molecule has 2 heteroatoms. The maximum absolute atomic E-state index is 8.77. The standard InChI is InChI=1S/C14H14N2/c1-4-13(8-11(2)3)16-14-7-5-6-12(9-14)10-15/h4-9,16H,1-2H2,3H3/b13-8-. The van der Waals surface area contributed by atoms with E-state index in [-0.39, 0.29) is 0 Å². The van der Waals surface area contributed by atoms with E-state index in [1.165, 1.54) is 0 Å². The first-order valence-electron chi connectivity index (χ1n) is 4.92. The maximum atomic E-state index is 8.77. The summed E-state index contributed by atoms with van der Waals surface area (Å²) in [6.45, 7) is 9.43. The van der Waals surface area contributed by atoms with E-state index in [0.717, 1.165) is 17.0 Å². The summed E-state index contributed by atoms with van der Waals surface area (Å²) in [5, 5.41) is 11.9. The van der Waals surface area contributed by atoms with Crippen LogP contribution in [0.2, 0.25) is 0 Å². The van der Waals surface area contributed by atoms with E-state index in [4.69, 9.17) is 5.26 Å². The molecule has 0 spiro atoms. The van der Waals surface area contributed by atoms with E-state index in [0.29, 0.717) is 5.56 Å². The van der Waals surface area contributed by atoms with Crippen molar-refractivity contribution in [1.29, 1.82) is 5.26 Å². The van der Waals surface area contributed by atoms with Crippen LogP contribution in [0.1, 0.15) is 12.5 Å². The highest BCUT2D eigenvalue weighted by atomic mass is 14.9. The summed E-state index contributed by atoms with van der Waals surface area (Å²) in [5.74, 6) is 0. The molecule has 1 aromatic carbocycles. The average Bonchev–Trinajstić information content (AvgIpc) is 2.28. The number of benzene rings is 1. The summed E-state index contributed by atoms with van der Waals surface area (Å²) in [7, 11) is 0. The molecule has 0 fully saturated rings. The minimum Gasteiger partial charge on any atom is -0.355 e. The van der Waals surface area contributed by atoms with Crippen molar-refractivity contribution < 1.29 is 0 Å². The Hall–Kier alpha value is -2.27. The normalized spacial score (nSPS) is 10.4. The molecule has 0 aliphatic carbocycles. The van der Waals surface area contributed by atoms with Gasteiger partial charge < -0.3 is 5.32 Å². The smallest absolute Gasteiger partial charge is 0.0992 e. The van der Waals surface area contributed by atoms with Gasteiger partial charge in [0.2, 0.25) is 0 Å². The molecule has 1 rings (SSSR count). The van der Waals surface area contributed by atoms with Crippen LogP contribution < -0.4 is 5.32 Å². The SMILES string of the molecule is C=C/C(=C/C(=C)C)Nc1cccc(C#N)c1. The first-order chi connectivity index (χ1) is 7.65. The first kappa shape index (κ1) is 11.8. The highest BCUT2D eigenvalue weighted by molar-refractivity contribution is 5.55. The molecule has 16 heavy (non-hydrogen) atoms. The number of nitrogens with zero attached hydrogens (tertiary/aromatic N) is 1. The van der Waals surface area contributed by atoms with Crippen LogP contribution in [0.4, 0.5) is 5.69 Å². The van der Waals surface area contributed by atoms with E-state index in [2.05, 4.69) is 24.5 Å².